The SMILES string of the molecule is CC(C)(C)N1CCC2(CNCN2C(C)(C)C)C1. The minimum atomic E-state index is 0.261. The van der Waals surface area contributed by atoms with Crippen LogP contribution in [-0.2, 0) is 0 Å². The van der Waals surface area contributed by atoms with Gasteiger partial charge in [-0.3, -0.25) is 9.80 Å². The van der Waals surface area contributed by atoms with Gasteiger partial charge in [-0.1, -0.05) is 0 Å². The van der Waals surface area contributed by atoms with Gasteiger partial charge in [-0.25, -0.2) is 0 Å². The third kappa shape index (κ3) is 2.38. The molecule has 0 bridgehead atoms. The molecule has 2 rings (SSSR count). The lowest BCUT2D eigenvalue weighted by Crippen LogP contribution is -2.57. The normalized spacial score (nSPS) is 32.8. The van der Waals surface area contributed by atoms with Gasteiger partial charge in [0, 0.05) is 42.9 Å². The molecule has 100 valence electrons. The van der Waals surface area contributed by atoms with E-state index in [0.717, 1.165) is 13.2 Å². The van der Waals surface area contributed by atoms with Crippen molar-refractivity contribution >= 4 is 0 Å². The molecule has 0 saturated carbocycles. The number of rotatable bonds is 0. The summed E-state index contributed by atoms with van der Waals surface area (Å²) >= 11 is 0. The lowest BCUT2D eigenvalue weighted by Gasteiger charge is -2.44. The molecule has 0 aromatic carbocycles. The molecule has 0 radical (unpaired) electrons. The van der Waals surface area contributed by atoms with Crippen LogP contribution in [0.5, 0.6) is 0 Å². The molecule has 1 unspecified atom stereocenters. The molecule has 1 atom stereocenters. The molecule has 0 aliphatic carbocycles. The second-order valence-corrected chi connectivity index (χ2v) is 7.75. The Bertz CT molecular complexity index is 287. The van der Waals surface area contributed by atoms with Crippen molar-refractivity contribution in [3.8, 4) is 0 Å². The minimum Gasteiger partial charge on any atom is -0.302 e. The van der Waals surface area contributed by atoms with E-state index in [2.05, 4.69) is 56.7 Å². The zero-order chi connectivity index (χ0) is 12.9. The van der Waals surface area contributed by atoms with Gasteiger partial charge in [0.05, 0.1) is 0 Å². The third-order valence-corrected chi connectivity index (χ3v) is 4.39. The Labute approximate surface area is 107 Å². The maximum absolute atomic E-state index is 3.58. The van der Waals surface area contributed by atoms with Crippen LogP contribution in [0.25, 0.3) is 0 Å². The van der Waals surface area contributed by atoms with Gasteiger partial charge in [-0.05, 0) is 48.0 Å². The van der Waals surface area contributed by atoms with Crippen molar-refractivity contribution in [2.45, 2.75) is 64.6 Å². The summed E-state index contributed by atoms with van der Waals surface area (Å²) in [5.41, 5.74) is 0.929. The first-order valence-corrected chi connectivity index (χ1v) is 6.89. The van der Waals surface area contributed by atoms with Gasteiger partial charge in [-0.2, -0.15) is 0 Å². The summed E-state index contributed by atoms with van der Waals surface area (Å²) in [6, 6.07) is 0. The highest BCUT2D eigenvalue weighted by atomic mass is 15.4. The second kappa shape index (κ2) is 3.94. The van der Waals surface area contributed by atoms with Gasteiger partial charge >= 0.3 is 0 Å². The summed E-state index contributed by atoms with van der Waals surface area (Å²) in [6.45, 7) is 18.6. The number of hydrogen-bond donors (Lipinski definition) is 1. The molecule has 2 aliphatic rings. The summed E-state index contributed by atoms with van der Waals surface area (Å²) in [6.07, 6.45) is 1.30. The van der Waals surface area contributed by atoms with Crippen LogP contribution in [0, 0.1) is 0 Å². The van der Waals surface area contributed by atoms with Gasteiger partial charge in [0.1, 0.15) is 0 Å². The van der Waals surface area contributed by atoms with E-state index in [-0.39, 0.29) is 5.54 Å². The molecule has 1 N–H and O–H groups in total. The highest BCUT2D eigenvalue weighted by Crippen LogP contribution is 2.37. The van der Waals surface area contributed by atoms with E-state index in [1.54, 1.807) is 0 Å². The summed E-state index contributed by atoms with van der Waals surface area (Å²) in [5.74, 6) is 0. The van der Waals surface area contributed by atoms with E-state index in [1.165, 1.54) is 19.5 Å². The Morgan fingerprint density at radius 3 is 2.12 bits per heavy atom. The Kier molecular flexibility index (Phi) is 3.08. The molecule has 3 nitrogen and oxygen atoms in total. The van der Waals surface area contributed by atoms with Crippen LogP contribution in [0.3, 0.4) is 0 Å². The fourth-order valence-electron chi connectivity index (χ4n) is 3.41. The topological polar surface area (TPSA) is 18.5 Å². The van der Waals surface area contributed by atoms with Crippen molar-refractivity contribution < 1.29 is 0 Å². The first-order chi connectivity index (χ1) is 7.65. The van der Waals surface area contributed by atoms with Gasteiger partial charge in [0.15, 0.2) is 0 Å². The fraction of sp³-hybridized carbons (Fsp3) is 1.00. The molecule has 1 spiro atoms. The van der Waals surface area contributed by atoms with Crippen LogP contribution >= 0.6 is 0 Å². The largest absolute Gasteiger partial charge is 0.302 e. The summed E-state index contributed by atoms with van der Waals surface area (Å²) in [7, 11) is 0. The third-order valence-electron chi connectivity index (χ3n) is 4.39. The van der Waals surface area contributed by atoms with Crippen molar-refractivity contribution in [2.75, 3.05) is 26.3 Å². The minimum absolute atomic E-state index is 0.261. The molecular weight excluding hydrogens is 210 g/mol. The Hall–Kier alpha value is -0.120. The summed E-state index contributed by atoms with van der Waals surface area (Å²) < 4.78 is 0. The van der Waals surface area contributed by atoms with E-state index >= 15 is 0 Å². The van der Waals surface area contributed by atoms with E-state index in [4.69, 9.17) is 0 Å². The molecule has 2 heterocycles. The molecule has 3 heteroatoms. The van der Waals surface area contributed by atoms with E-state index in [9.17, 15) is 0 Å². The second-order valence-electron chi connectivity index (χ2n) is 7.75. The molecule has 2 fully saturated rings. The van der Waals surface area contributed by atoms with Crippen molar-refractivity contribution in [2.24, 2.45) is 0 Å². The predicted molar refractivity (Wildman–Crippen MR) is 73.1 cm³/mol. The van der Waals surface area contributed by atoms with Crippen molar-refractivity contribution in [3.63, 3.8) is 0 Å². The highest BCUT2D eigenvalue weighted by molar-refractivity contribution is 5.08. The van der Waals surface area contributed by atoms with E-state index < -0.39 is 0 Å². The smallest absolute Gasteiger partial charge is 0.0492 e. The summed E-state index contributed by atoms with van der Waals surface area (Å²) in [4.78, 5) is 5.31. The lowest BCUT2D eigenvalue weighted by atomic mass is 9.92. The van der Waals surface area contributed by atoms with Gasteiger partial charge in [0.25, 0.3) is 0 Å². The molecule has 0 aromatic rings. The summed E-state index contributed by atoms with van der Waals surface area (Å²) in [5, 5.41) is 3.58. The maximum atomic E-state index is 3.58. The Balaban J connectivity index is 2.16. The van der Waals surface area contributed by atoms with Gasteiger partial charge in [0.2, 0.25) is 0 Å². The van der Waals surface area contributed by atoms with E-state index in [1.807, 2.05) is 0 Å². The Morgan fingerprint density at radius 1 is 1.00 bits per heavy atom. The van der Waals surface area contributed by atoms with Gasteiger partial charge in [-0.15, -0.1) is 0 Å². The number of likely N-dealkylation sites (tertiary alicyclic amines) is 1. The maximum Gasteiger partial charge on any atom is 0.0492 e. The van der Waals surface area contributed by atoms with Crippen LogP contribution in [0.1, 0.15) is 48.0 Å². The van der Waals surface area contributed by atoms with Crippen molar-refractivity contribution in [1.29, 1.82) is 0 Å². The molecule has 2 aliphatic heterocycles. The predicted octanol–water partition coefficient (Wildman–Crippen LogP) is 1.89. The quantitative estimate of drug-likeness (QED) is 0.696. The average Bonchev–Trinajstić information content (AvgIpc) is 2.71. The van der Waals surface area contributed by atoms with Gasteiger partial charge < -0.3 is 5.32 Å². The van der Waals surface area contributed by atoms with Crippen LogP contribution in [0.4, 0.5) is 0 Å². The average molecular weight is 239 g/mol. The fourth-order valence-corrected chi connectivity index (χ4v) is 3.41. The Morgan fingerprint density at radius 2 is 1.65 bits per heavy atom. The van der Waals surface area contributed by atoms with Crippen molar-refractivity contribution in [1.82, 2.24) is 15.1 Å². The molecule has 0 amide bonds. The molecule has 17 heavy (non-hydrogen) atoms. The number of hydrogen-bond acceptors (Lipinski definition) is 3. The van der Waals surface area contributed by atoms with E-state index in [0.29, 0.717) is 11.1 Å². The first-order valence-electron chi connectivity index (χ1n) is 6.89. The molecule has 0 aromatic heterocycles. The molecule has 2 saturated heterocycles. The molecular formula is C14H29N3. The van der Waals surface area contributed by atoms with Crippen LogP contribution in [-0.4, -0.2) is 52.7 Å². The van der Waals surface area contributed by atoms with Crippen LogP contribution in [0.2, 0.25) is 0 Å². The van der Waals surface area contributed by atoms with Crippen LogP contribution in [0.15, 0.2) is 0 Å². The highest BCUT2D eigenvalue weighted by Gasteiger charge is 2.51. The number of nitrogens with zero attached hydrogens (tertiary/aromatic N) is 2. The monoisotopic (exact) mass is 239 g/mol. The lowest BCUT2D eigenvalue weighted by molar-refractivity contribution is 0.0443. The zero-order valence-corrected chi connectivity index (χ0v) is 12.4. The van der Waals surface area contributed by atoms with Crippen LogP contribution < -0.4 is 5.32 Å². The first kappa shape index (κ1) is 13.3. The zero-order valence-electron chi connectivity index (χ0n) is 12.4. The standard InChI is InChI=1S/C14H29N3/c1-12(2,3)16-8-7-14(10-16)9-15-11-17(14)13(4,5)6/h15H,7-11H2,1-6H3. The number of nitrogens with one attached hydrogen (secondary N) is 1. The van der Waals surface area contributed by atoms with Crippen molar-refractivity contribution in [3.05, 3.63) is 0 Å².